The van der Waals surface area contributed by atoms with E-state index in [-0.39, 0.29) is 0 Å². The Kier molecular flexibility index (Phi) is 1.66. The van der Waals surface area contributed by atoms with E-state index < -0.39 is 0 Å². The molecule has 12 heavy (non-hydrogen) atoms. The number of hydrogen-bond donors (Lipinski definition) is 1. The topological polar surface area (TPSA) is 63.2 Å². The Balaban J connectivity index is 2.69. The van der Waals surface area contributed by atoms with Crippen molar-refractivity contribution in [3.63, 3.8) is 0 Å². The minimum absolute atomic E-state index is 0.534. The van der Waals surface area contributed by atoms with Gasteiger partial charge in [0.15, 0.2) is 5.11 Å². The molecule has 0 aliphatic carbocycles. The summed E-state index contributed by atoms with van der Waals surface area (Å²) in [6, 6.07) is 7.75. The Morgan fingerprint density at radius 2 is 2.25 bits per heavy atom. The Labute approximate surface area is 72.1 Å². The second-order valence-corrected chi connectivity index (χ2v) is 3.17. The molecule has 0 radical (unpaired) electrons. The molecule has 0 saturated carbocycles. The molecule has 0 amide bonds. The molecule has 0 saturated heterocycles. The van der Waals surface area contributed by atoms with Crippen molar-refractivity contribution >= 4 is 26.7 Å². The molecular formula is C7H5N4S+. The van der Waals surface area contributed by atoms with E-state index in [9.17, 15) is 0 Å². The number of benzene rings is 1. The van der Waals surface area contributed by atoms with E-state index in [4.69, 9.17) is 5.53 Å². The van der Waals surface area contributed by atoms with E-state index in [0.29, 0.717) is 5.13 Å². The molecule has 0 atom stereocenters. The first-order valence-electron chi connectivity index (χ1n) is 3.33. The fourth-order valence-corrected chi connectivity index (χ4v) is 1.73. The molecule has 4 nitrogen and oxygen atoms in total. The van der Waals surface area contributed by atoms with Crippen molar-refractivity contribution in [2.45, 2.75) is 0 Å². The predicted octanol–water partition coefficient (Wildman–Crippen LogP) is 2.48. The molecule has 1 heterocycles. The Morgan fingerprint density at radius 1 is 1.42 bits per heavy atom. The van der Waals surface area contributed by atoms with Crippen LogP contribution in [0.1, 0.15) is 0 Å². The fourth-order valence-electron chi connectivity index (χ4n) is 0.946. The van der Waals surface area contributed by atoms with Gasteiger partial charge in [-0.05, 0) is 12.1 Å². The molecule has 5 heteroatoms. The van der Waals surface area contributed by atoms with Crippen LogP contribution in [0, 0.1) is 5.53 Å². The molecular weight excluding hydrogens is 172 g/mol. The van der Waals surface area contributed by atoms with Crippen molar-refractivity contribution in [1.29, 1.82) is 5.53 Å². The zero-order valence-corrected chi connectivity index (χ0v) is 6.88. The fraction of sp³-hybridized carbons (Fsp3) is 0. The second-order valence-electron chi connectivity index (χ2n) is 2.16. The average molecular weight is 177 g/mol. The number of rotatable bonds is 1. The molecule has 2 rings (SSSR count). The van der Waals surface area contributed by atoms with Crippen LogP contribution in [-0.4, -0.2) is 4.98 Å². The summed E-state index contributed by atoms with van der Waals surface area (Å²) in [7, 11) is 0. The maximum Gasteiger partial charge on any atom is 0.298 e. The standard InChI is InChI=1S/C7H5N4S/c8-11-10-7-9-5-3-1-2-4-6(5)12-7/h1-4,8H/q+1. The molecule has 2 aromatic rings. The Hall–Kier alpha value is -1.58. The van der Waals surface area contributed by atoms with Gasteiger partial charge in [0.25, 0.3) is 5.13 Å². The monoisotopic (exact) mass is 177 g/mol. The third-order valence-corrected chi connectivity index (χ3v) is 2.34. The highest BCUT2D eigenvalue weighted by Gasteiger charge is 2.04. The van der Waals surface area contributed by atoms with Crippen LogP contribution in [0.4, 0.5) is 5.13 Å². The molecule has 0 bridgehead atoms. The molecule has 58 valence electrons. The van der Waals surface area contributed by atoms with Gasteiger partial charge in [-0.25, -0.2) is 4.98 Å². The minimum Gasteiger partial charge on any atom is -0.212 e. The van der Waals surface area contributed by atoms with Crippen LogP contribution in [-0.2, 0) is 0 Å². The van der Waals surface area contributed by atoms with Crippen molar-refractivity contribution in [3.8, 4) is 0 Å². The molecule has 1 aromatic carbocycles. The third-order valence-electron chi connectivity index (χ3n) is 1.42. The largest absolute Gasteiger partial charge is 0.298 e. The van der Waals surface area contributed by atoms with Crippen molar-refractivity contribution in [2.75, 3.05) is 0 Å². The number of aromatic nitrogens is 1. The first-order valence-corrected chi connectivity index (χ1v) is 4.15. The Morgan fingerprint density at radius 3 is 3.00 bits per heavy atom. The van der Waals surface area contributed by atoms with Gasteiger partial charge >= 0.3 is 0 Å². The van der Waals surface area contributed by atoms with Gasteiger partial charge in [-0.3, -0.25) is 0 Å². The lowest BCUT2D eigenvalue weighted by Crippen LogP contribution is -1.63. The third kappa shape index (κ3) is 1.11. The quantitative estimate of drug-likeness (QED) is 0.527. The van der Waals surface area contributed by atoms with Gasteiger partial charge in [-0.1, -0.05) is 23.5 Å². The number of hydrogen-bond acceptors (Lipinski definition) is 4. The zero-order chi connectivity index (χ0) is 8.39. The number of para-hydroxylation sites is 1. The molecule has 0 aliphatic rings. The highest BCUT2D eigenvalue weighted by Crippen LogP contribution is 2.26. The van der Waals surface area contributed by atoms with E-state index in [0.717, 1.165) is 10.2 Å². The van der Waals surface area contributed by atoms with Crippen LogP contribution < -0.4 is 4.91 Å². The van der Waals surface area contributed by atoms with E-state index in [1.54, 1.807) is 0 Å². The normalized spacial score (nSPS) is 9.67. The lowest BCUT2D eigenvalue weighted by molar-refractivity contribution is 0.988. The number of nitrogens with one attached hydrogen (secondary N) is 1. The van der Waals surface area contributed by atoms with Crippen molar-refractivity contribution in [3.05, 3.63) is 24.3 Å². The van der Waals surface area contributed by atoms with Crippen molar-refractivity contribution in [2.24, 2.45) is 5.11 Å². The Bertz CT molecular complexity index is 422. The molecule has 1 aromatic heterocycles. The van der Waals surface area contributed by atoms with Crippen LogP contribution in [0.2, 0.25) is 0 Å². The number of nitrogens with zero attached hydrogens (tertiary/aromatic N) is 3. The first-order chi connectivity index (χ1) is 5.90. The van der Waals surface area contributed by atoms with Gasteiger partial charge in [0.2, 0.25) is 4.91 Å². The van der Waals surface area contributed by atoms with Crippen molar-refractivity contribution in [1.82, 2.24) is 9.90 Å². The second kappa shape index (κ2) is 2.81. The van der Waals surface area contributed by atoms with Crippen LogP contribution in [0.3, 0.4) is 0 Å². The minimum atomic E-state index is 0.534. The summed E-state index contributed by atoms with van der Waals surface area (Å²) in [6.45, 7) is 0. The SMILES string of the molecule is N=[N+]=Nc1nc2ccccc2s1. The van der Waals surface area contributed by atoms with E-state index in [2.05, 4.69) is 15.0 Å². The first kappa shape index (κ1) is 7.09. The summed E-state index contributed by atoms with van der Waals surface area (Å²) in [5, 5.41) is 4.08. The summed E-state index contributed by atoms with van der Waals surface area (Å²) in [5.74, 6) is 0. The summed E-state index contributed by atoms with van der Waals surface area (Å²) in [5.41, 5.74) is 7.45. The van der Waals surface area contributed by atoms with Gasteiger partial charge in [-0.15, -0.1) is 0 Å². The molecule has 0 fully saturated rings. The zero-order valence-electron chi connectivity index (χ0n) is 6.06. The smallest absolute Gasteiger partial charge is 0.212 e. The summed E-state index contributed by atoms with van der Waals surface area (Å²) in [4.78, 5) is 7.06. The summed E-state index contributed by atoms with van der Waals surface area (Å²) < 4.78 is 1.07. The van der Waals surface area contributed by atoms with Gasteiger partial charge in [-0.2, -0.15) is 0 Å². The molecule has 1 N–H and O–H groups in total. The van der Waals surface area contributed by atoms with E-state index >= 15 is 0 Å². The van der Waals surface area contributed by atoms with Gasteiger partial charge in [0.05, 0.1) is 10.2 Å². The van der Waals surface area contributed by atoms with Gasteiger partial charge in [0, 0.05) is 0 Å². The van der Waals surface area contributed by atoms with E-state index in [1.807, 2.05) is 24.3 Å². The maximum absolute atomic E-state index is 6.54. The average Bonchev–Trinajstić information content (AvgIpc) is 2.47. The van der Waals surface area contributed by atoms with Gasteiger partial charge in [0.1, 0.15) is 5.53 Å². The number of fused-ring (bicyclic) bond motifs is 1. The maximum atomic E-state index is 6.54. The van der Waals surface area contributed by atoms with Crippen LogP contribution >= 0.6 is 11.3 Å². The number of thiazole rings is 1. The predicted molar refractivity (Wildman–Crippen MR) is 46.6 cm³/mol. The highest BCUT2D eigenvalue weighted by atomic mass is 32.1. The molecule has 0 aliphatic heterocycles. The lowest BCUT2D eigenvalue weighted by atomic mass is 10.3. The van der Waals surface area contributed by atoms with Crippen LogP contribution in [0.25, 0.3) is 10.2 Å². The van der Waals surface area contributed by atoms with Gasteiger partial charge < -0.3 is 0 Å². The molecule has 0 spiro atoms. The lowest BCUT2D eigenvalue weighted by Gasteiger charge is -1.80. The molecule has 0 unspecified atom stereocenters. The summed E-state index contributed by atoms with van der Waals surface area (Å²) >= 11 is 1.43. The van der Waals surface area contributed by atoms with Crippen LogP contribution in [0.15, 0.2) is 29.4 Å². The van der Waals surface area contributed by atoms with E-state index in [1.165, 1.54) is 11.3 Å². The van der Waals surface area contributed by atoms with Crippen molar-refractivity contribution < 1.29 is 0 Å². The highest BCUT2D eigenvalue weighted by molar-refractivity contribution is 7.21. The van der Waals surface area contributed by atoms with Crippen LogP contribution in [0.5, 0.6) is 0 Å². The summed E-state index contributed by atoms with van der Waals surface area (Å²) in [6.07, 6.45) is 0.